The van der Waals surface area contributed by atoms with Crippen LogP contribution in [-0.2, 0) is 13.0 Å². The lowest BCUT2D eigenvalue weighted by molar-refractivity contribution is 0.0948. The van der Waals surface area contributed by atoms with Crippen molar-refractivity contribution in [3.05, 3.63) is 77.5 Å². The first-order valence-electron chi connectivity index (χ1n) is 9.29. The number of hydrogen-bond donors (Lipinski definition) is 2. The van der Waals surface area contributed by atoms with Crippen molar-refractivity contribution in [3.8, 4) is 11.5 Å². The van der Waals surface area contributed by atoms with Gasteiger partial charge in [-0.25, -0.2) is 0 Å². The molecule has 3 aromatic rings. The molecule has 150 valence electrons. The van der Waals surface area contributed by atoms with Gasteiger partial charge in [0.15, 0.2) is 5.69 Å². The van der Waals surface area contributed by atoms with Crippen molar-refractivity contribution in [1.82, 2.24) is 15.5 Å². The molecule has 0 fully saturated rings. The van der Waals surface area contributed by atoms with Crippen molar-refractivity contribution in [3.63, 3.8) is 0 Å². The van der Waals surface area contributed by atoms with Crippen molar-refractivity contribution in [2.24, 2.45) is 0 Å². The minimum absolute atomic E-state index is 0.248. The molecule has 7 heteroatoms. The van der Waals surface area contributed by atoms with Crippen molar-refractivity contribution in [1.29, 1.82) is 0 Å². The summed E-state index contributed by atoms with van der Waals surface area (Å²) in [5.74, 6) is 1.98. The minimum Gasteiger partial charge on any atom is -0.497 e. The third-order valence-corrected chi connectivity index (χ3v) is 4.36. The van der Waals surface area contributed by atoms with E-state index in [1.165, 1.54) is 0 Å². The SMILES string of the molecule is COc1ccc(CNc2ccc(C(=O)NCCc3cccc(OC)c3)nn2)cc1. The zero-order valence-electron chi connectivity index (χ0n) is 16.5. The lowest BCUT2D eigenvalue weighted by Gasteiger charge is -2.08. The number of nitrogens with zero attached hydrogens (tertiary/aromatic N) is 2. The monoisotopic (exact) mass is 392 g/mol. The fraction of sp³-hybridized carbons (Fsp3) is 0.227. The number of amides is 1. The maximum atomic E-state index is 12.2. The highest BCUT2D eigenvalue weighted by molar-refractivity contribution is 5.92. The van der Waals surface area contributed by atoms with Crippen LogP contribution in [0.15, 0.2) is 60.7 Å². The summed E-state index contributed by atoms with van der Waals surface area (Å²) in [4.78, 5) is 12.2. The summed E-state index contributed by atoms with van der Waals surface area (Å²) in [6.45, 7) is 1.11. The van der Waals surface area contributed by atoms with Crippen molar-refractivity contribution in [2.45, 2.75) is 13.0 Å². The number of ether oxygens (including phenoxy) is 2. The molecule has 2 N–H and O–H groups in total. The zero-order chi connectivity index (χ0) is 20.5. The molecular formula is C22H24N4O3. The molecule has 0 unspecified atom stereocenters. The first-order valence-corrected chi connectivity index (χ1v) is 9.29. The molecule has 0 aliphatic carbocycles. The number of anilines is 1. The van der Waals surface area contributed by atoms with E-state index in [1.807, 2.05) is 48.5 Å². The molecule has 0 saturated carbocycles. The Morgan fingerprint density at radius 2 is 1.69 bits per heavy atom. The van der Waals surface area contributed by atoms with E-state index in [0.29, 0.717) is 25.3 Å². The fourth-order valence-corrected chi connectivity index (χ4v) is 2.72. The summed E-state index contributed by atoms with van der Waals surface area (Å²) in [6, 6.07) is 18.9. The number of benzene rings is 2. The van der Waals surface area contributed by atoms with Crippen LogP contribution in [-0.4, -0.2) is 36.9 Å². The van der Waals surface area contributed by atoms with Gasteiger partial charge in [0.1, 0.15) is 17.3 Å². The van der Waals surface area contributed by atoms with Gasteiger partial charge in [-0.15, -0.1) is 10.2 Å². The second-order valence-corrected chi connectivity index (χ2v) is 6.36. The molecule has 7 nitrogen and oxygen atoms in total. The standard InChI is InChI=1S/C22H24N4O3/c1-28-18-8-6-17(7-9-18)15-24-21-11-10-20(25-26-21)22(27)23-13-12-16-4-3-5-19(14-16)29-2/h3-11,14H,12-13,15H2,1-2H3,(H,23,27)(H,24,26). The van der Waals surface area contributed by atoms with Crippen LogP contribution < -0.4 is 20.1 Å². The summed E-state index contributed by atoms with van der Waals surface area (Å²) in [5.41, 5.74) is 2.46. The summed E-state index contributed by atoms with van der Waals surface area (Å²) < 4.78 is 10.3. The molecule has 1 aromatic heterocycles. The van der Waals surface area contributed by atoms with Crippen LogP contribution in [0.5, 0.6) is 11.5 Å². The Morgan fingerprint density at radius 1 is 0.897 bits per heavy atom. The topological polar surface area (TPSA) is 85.4 Å². The van der Waals surface area contributed by atoms with Crippen molar-refractivity contribution < 1.29 is 14.3 Å². The lowest BCUT2D eigenvalue weighted by atomic mass is 10.1. The molecule has 0 radical (unpaired) electrons. The Labute approximate surface area is 170 Å². The van der Waals surface area contributed by atoms with Crippen LogP contribution >= 0.6 is 0 Å². The van der Waals surface area contributed by atoms with E-state index in [0.717, 1.165) is 22.6 Å². The van der Waals surface area contributed by atoms with Gasteiger partial charge >= 0.3 is 0 Å². The molecule has 0 spiro atoms. The van der Waals surface area contributed by atoms with Gasteiger partial charge in [-0.3, -0.25) is 4.79 Å². The van der Waals surface area contributed by atoms with Crippen molar-refractivity contribution in [2.75, 3.05) is 26.1 Å². The Balaban J connectivity index is 1.46. The molecular weight excluding hydrogens is 368 g/mol. The Bertz CT molecular complexity index is 928. The maximum absolute atomic E-state index is 12.2. The summed E-state index contributed by atoms with van der Waals surface area (Å²) in [6.07, 6.45) is 0.706. The predicted octanol–water partition coefficient (Wildman–Crippen LogP) is 3.08. The zero-order valence-corrected chi connectivity index (χ0v) is 16.5. The molecule has 0 aliphatic heterocycles. The summed E-state index contributed by atoms with van der Waals surface area (Å²) in [7, 11) is 3.27. The molecule has 0 atom stereocenters. The van der Waals surface area contributed by atoms with Crippen LogP contribution in [0.1, 0.15) is 21.6 Å². The molecule has 3 rings (SSSR count). The molecule has 2 aromatic carbocycles. The number of methoxy groups -OCH3 is 2. The van der Waals surface area contributed by atoms with E-state index in [1.54, 1.807) is 26.4 Å². The largest absolute Gasteiger partial charge is 0.497 e. The van der Waals surface area contributed by atoms with E-state index in [4.69, 9.17) is 9.47 Å². The van der Waals surface area contributed by atoms with E-state index in [9.17, 15) is 4.79 Å². The predicted molar refractivity (Wildman–Crippen MR) is 111 cm³/mol. The smallest absolute Gasteiger partial charge is 0.271 e. The number of aromatic nitrogens is 2. The third-order valence-electron chi connectivity index (χ3n) is 4.36. The van der Waals surface area contributed by atoms with Crippen LogP contribution in [0.3, 0.4) is 0 Å². The highest BCUT2D eigenvalue weighted by atomic mass is 16.5. The second kappa shape index (κ2) is 10.1. The highest BCUT2D eigenvalue weighted by Gasteiger charge is 2.08. The molecule has 0 aliphatic rings. The Kier molecular flexibility index (Phi) is 7.00. The number of nitrogens with one attached hydrogen (secondary N) is 2. The third kappa shape index (κ3) is 5.93. The van der Waals surface area contributed by atoms with E-state index < -0.39 is 0 Å². The molecule has 29 heavy (non-hydrogen) atoms. The molecule has 0 saturated heterocycles. The summed E-state index contributed by atoms with van der Waals surface area (Å²) >= 11 is 0. The van der Waals surface area contributed by atoms with E-state index in [-0.39, 0.29) is 11.6 Å². The number of rotatable bonds is 9. The average molecular weight is 392 g/mol. The van der Waals surface area contributed by atoms with Crippen LogP contribution in [0.4, 0.5) is 5.82 Å². The molecule has 1 amide bonds. The van der Waals surface area contributed by atoms with Gasteiger partial charge in [-0.2, -0.15) is 0 Å². The molecule has 1 heterocycles. The Morgan fingerprint density at radius 3 is 2.38 bits per heavy atom. The average Bonchev–Trinajstić information content (AvgIpc) is 2.78. The van der Waals surface area contributed by atoms with Crippen LogP contribution in [0.2, 0.25) is 0 Å². The van der Waals surface area contributed by atoms with E-state index >= 15 is 0 Å². The van der Waals surface area contributed by atoms with Gasteiger partial charge in [0.2, 0.25) is 0 Å². The van der Waals surface area contributed by atoms with Crippen molar-refractivity contribution >= 4 is 11.7 Å². The second-order valence-electron chi connectivity index (χ2n) is 6.36. The van der Waals surface area contributed by atoms with Gasteiger partial charge in [0, 0.05) is 13.1 Å². The van der Waals surface area contributed by atoms with Gasteiger partial charge in [0.25, 0.3) is 5.91 Å². The summed E-state index contributed by atoms with van der Waals surface area (Å²) in [5, 5.41) is 14.1. The lowest BCUT2D eigenvalue weighted by Crippen LogP contribution is -2.26. The van der Waals surface area contributed by atoms with E-state index in [2.05, 4.69) is 20.8 Å². The van der Waals surface area contributed by atoms with Crippen LogP contribution in [0.25, 0.3) is 0 Å². The number of carbonyl (C=O) groups is 1. The normalized spacial score (nSPS) is 10.3. The number of carbonyl (C=O) groups excluding carboxylic acids is 1. The maximum Gasteiger partial charge on any atom is 0.271 e. The quantitative estimate of drug-likeness (QED) is 0.582. The van der Waals surface area contributed by atoms with Gasteiger partial charge in [0.05, 0.1) is 14.2 Å². The first kappa shape index (κ1) is 20.1. The molecule has 0 bridgehead atoms. The number of hydrogen-bond acceptors (Lipinski definition) is 6. The van der Waals surface area contributed by atoms with Gasteiger partial charge < -0.3 is 20.1 Å². The van der Waals surface area contributed by atoms with Gasteiger partial charge in [-0.05, 0) is 53.9 Å². The van der Waals surface area contributed by atoms with Crippen LogP contribution in [0, 0.1) is 0 Å². The highest BCUT2D eigenvalue weighted by Crippen LogP contribution is 2.13. The Hall–Kier alpha value is -3.61. The minimum atomic E-state index is -0.248. The fourth-order valence-electron chi connectivity index (χ4n) is 2.72. The van der Waals surface area contributed by atoms with Gasteiger partial charge in [-0.1, -0.05) is 24.3 Å². The first-order chi connectivity index (χ1) is 14.2.